The van der Waals surface area contributed by atoms with E-state index in [1.54, 1.807) is 12.1 Å². The van der Waals surface area contributed by atoms with E-state index < -0.39 is 0 Å². The first-order chi connectivity index (χ1) is 9.31. The zero-order valence-electron chi connectivity index (χ0n) is 11.3. The van der Waals surface area contributed by atoms with E-state index in [-0.39, 0.29) is 0 Å². The van der Waals surface area contributed by atoms with Gasteiger partial charge in [-0.3, -0.25) is 0 Å². The fraction of sp³-hybridized carbons (Fsp3) is 0.500. The van der Waals surface area contributed by atoms with Crippen molar-refractivity contribution >= 4 is 17.0 Å². The Morgan fingerprint density at radius 3 is 2.79 bits per heavy atom. The molecule has 2 aromatic rings. The number of anilines is 1. The van der Waals surface area contributed by atoms with Gasteiger partial charge in [0.05, 0.1) is 5.10 Å². The molecule has 0 bridgehead atoms. The second kappa shape index (κ2) is 6.87. The maximum absolute atomic E-state index is 11.7. The highest BCUT2D eigenvalue weighted by atomic mass is 16.5. The third kappa shape index (κ3) is 3.77. The number of hydrogen-bond acceptors (Lipinski definition) is 4. The summed E-state index contributed by atoms with van der Waals surface area (Å²) in [7, 11) is 0. The van der Waals surface area contributed by atoms with Crippen LogP contribution in [0, 0.1) is 5.21 Å². The highest BCUT2D eigenvalue weighted by molar-refractivity contribution is 5.71. The first-order valence-corrected chi connectivity index (χ1v) is 6.92. The molecule has 1 aromatic heterocycles. The minimum absolute atomic E-state index is 0.407. The van der Waals surface area contributed by atoms with Gasteiger partial charge in [0.1, 0.15) is 5.52 Å². The van der Waals surface area contributed by atoms with E-state index in [2.05, 4.69) is 22.3 Å². The summed E-state index contributed by atoms with van der Waals surface area (Å²) in [6.07, 6.45) is 6.07. The number of para-hydroxylation sites is 2. The van der Waals surface area contributed by atoms with Gasteiger partial charge in [-0.2, -0.15) is 0 Å². The summed E-state index contributed by atoms with van der Waals surface area (Å²) in [5.41, 5.74) is 1.16. The zero-order valence-corrected chi connectivity index (χ0v) is 11.3. The molecule has 0 saturated heterocycles. The average Bonchev–Trinajstić information content (AvgIpc) is 2.43. The van der Waals surface area contributed by atoms with E-state index >= 15 is 0 Å². The molecule has 5 heteroatoms. The van der Waals surface area contributed by atoms with Crippen LogP contribution in [0.1, 0.15) is 39.0 Å². The van der Waals surface area contributed by atoms with Crippen LogP contribution in [0.15, 0.2) is 24.3 Å². The topological polar surface area (TPSA) is 64.8 Å². The molecule has 5 nitrogen and oxygen atoms in total. The van der Waals surface area contributed by atoms with Crippen molar-refractivity contribution in [2.45, 2.75) is 39.0 Å². The number of rotatable bonds is 7. The summed E-state index contributed by atoms with van der Waals surface area (Å²) >= 11 is 0. The number of nitrogens with one attached hydrogen (secondary N) is 1. The molecule has 0 aliphatic heterocycles. The van der Waals surface area contributed by atoms with E-state index in [9.17, 15) is 5.21 Å². The lowest BCUT2D eigenvalue weighted by molar-refractivity contribution is -0.641. The Bertz CT molecular complexity index is 530. The van der Waals surface area contributed by atoms with Crippen LogP contribution in [0.5, 0.6) is 0 Å². The number of unbranched alkanes of at least 4 members (excludes halogenated alkanes) is 4. The molecule has 2 rings (SSSR count). The lowest BCUT2D eigenvalue weighted by Crippen LogP contribution is -2.33. The molecule has 19 heavy (non-hydrogen) atoms. The highest BCUT2D eigenvalue weighted by Gasteiger charge is 2.08. The summed E-state index contributed by atoms with van der Waals surface area (Å²) in [5.74, 6) is 0.407. The van der Waals surface area contributed by atoms with Crippen molar-refractivity contribution < 1.29 is 4.85 Å². The quantitative estimate of drug-likeness (QED) is 0.472. The van der Waals surface area contributed by atoms with Gasteiger partial charge >= 0.3 is 0 Å². The molecular formula is C14H20N4O. The second-order valence-corrected chi connectivity index (χ2v) is 4.64. The molecule has 0 unspecified atom stereocenters. The summed E-state index contributed by atoms with van der Waals surface area (Å²) in [5, 5.41) is 18.7. The van der Waals surface area contributed by atoms with Gasteiger partial charge in [-0.05, 0) is 17.3 Å². The van der Waals surface area contributed by atoms with Crippen molar-refractivity contribution in [2.75, 3.05) is 11.9 Å². The lowest BCUT2D eigenvalue weighted by Gasteiger charge is -2.05. The maximum atomic E-state index is 11.7. The van der Waals surface area contributed by atoms with Gasteiger partial charge in [-0.25, -0.2) is 4.98 Å². The molecule has 1 heterocycles. The van der Waals surface area contributed by atoms with E-state index in [0.717, 1.165) is 13.0 Å². The van der Waals surface area contributed by atoms with E-state index in [1.165, 1.54) is 25.7 Å². The molecule has 0 radical (unpaired) electrons. The number of nitrogens with zero attached hydrogens (tertiary/aromatic N) is 3. The summed E-state index contributed by atoms with van der Waals surface area (Å²) < 4.78 is 0. The Morgan fingerprint density at radius 2 is 1.95 bits per heavy atom. The van der Waals surface area contributed by atoms with Crippen LogP contribution in [0.3, 0.4) is 0 Å². The first-order valence-electron chi connectivity index (χ1n) is 6.92. The third-order valence-corrected chi connectivity index (χ3v) is 3.06. The minimum Gasteiger partial charge on any atom is -0.594 e. The Morgan fingerprint density at radius 1 is 1.16 bits per heavy atom. The van der Waals surface area contributed by atoms with Crippen molar-refractivity contribution in [3.63, 3.8) is 0 Å². The number of benzene rings is 1. The normalized spacial score (nSPS) is 10.8. The fourth-order valence-corrected chi connectivity index (χ4v) is 2.00. The highest BCUT2D eigenvalue weighted by Crippen LogP contribution is 2.08. The van der Waals surface area contributed by atoms with Crippen LogP contribution in [0.25, 0.3) is 11.0 Å². The van der Waals surface area contributed by atoms with E-state index in [1.807, 2.05) is 12.1 Å². The van der Waals surface area contributed by atoms with Gasteiger partial charge in [-0.15, -0.1) is 0 Å². The largest absolute Gasteiger partial charge is 0.594 e. The van der Waals surface area contributed by atoms with Crippen LogP contribution in [-0.2, 0) is 0 Å². The standard InChI is InChI=1S/C14H20N4O/c1-2-3-4-5-8-11-15-14-16-12-9-6-7-10-13(12)18(19)17-14/h6-7,9-10H,2-5,8,11H2,1H3,(H,15,16,17). The average molecular weight is 260 g/mol. The summed E-state index contributed by atoms with van der Waals surface area (Å²) in [4.78, 5) is 4.95. The predicted octanol–water partition coefficient (Wildman–Crippen LogP) is 2.65. The number of hydrogen-bond donors (Lipinski definition) is 1. The van der Waals surface area contributed by atoms with Crippen molar-refractivity contribution in [3.8, 4) is 0 Å². The smallest absolute Gasteiger partial charge is 0.290 e. The number of aromatic nitrogens is 3. The Balaban J connectivity index is 1.90. The van der Waals surface area contributed by atoms with Crippen molar-refractivity contribution in [1.29, 1.82) is 0 Å². The fourth-order valence-electron chi connectivity index (χ4n) is 2.00. The maximum Gasteiger partial charge on any atom is 0.290 e. The van der Waals surface area contributed by atoms with Crippen LogP contribution >= 0.6 is 0 Å². The van der Waals surface area contributed by atoms with Crippen LogP contribution in [-0.4, -0.2) is 16.6 Å². The molecule has 0 spiro atoms. The Kier molecular flexibility index (Phi) is 4.89. The van der Waals surface area contributed by atoms with E-state index in [4.69, 9.17) is 0 Å². The van der Waals surface area contributed by atoms with Crippen LogP contribution in [0.4, 0.5) is 5.95 Å². The SMILES string of the molecule is CCCCCCCNc1nc2ccccc2[n+]([O-])n1. The van der Waals surface area contributed by atoms with Gasteiger partial charge in [0, 0.05) is 12.6 Å². The molecule has 0 aliphatic rings. The molecule has 1 N–H and O–H groups in total. The number of fused-ring (bicyclic) bond motifs is 1. The molecule has 0 aliphatic carbocycles. The molecule has 102 valence electrons. The van der Waals surface area contributed by atoms with Gasteiger partial charge in [0.15, 0.2) is 0 Å². The Labute approximate surface area is 113 Å². The van der Waals surface area contributed by atoms with Crippen LogP contribution < -0.4 is 10.2 Å². The predicted molar refractivity (Wildman–Crippen MR) is 75.7 cm³/mol. The van der Waals surface area contributed by atoms with Crippen molar-refractivity contribution in [3.05, 3.63) is 29.5 Å². The van der Waals surface area contributed by atoms with Crippen molar-refractivity contribution in [2.24, 2.45) is 0 Å². The lowest BCUT2D eigenvalue weighted by atomic mass is 10.1. The Hall–Kier alpha value is -1.91. The molecule has 1 aromatic carbocycles. The van der Waals surface area contributed by atoms with Gasteiger partial charge in [0.25, 0.3) is 11.5 Å². The first kappa shape index (κ1) is 13.5. The molecule has 0 amide bonds. The second-order valence-electron chi connectivity index (χ2n) is 4.64. The van der Waals surface area contributed by atoms with Gasteiger partial charge in [0.2, 0.25) is 0 Å². The van der Waals surface area contributed by atoms with Crippen molar-refractivity contribution in [1.82, 2.24) is 10.1 Å². The molecule has 0 fully saturated rings. The monoisotopic (exact) mass is 260 g/mol. The summed E-state index contributed by atoms with van der Waals surface area (Å²) in [6.45, 7) is 3.01. The molecular weight excluding hydrogens is 240 g/mol. The van der Waals surface area contributed by atoms with E-state index in [0.29, 0.717) is 21.8 Å². The van der Waals surface area contributed by atoms with Gasteiger partial charge in [-0.1, -0.05) is 44.7 Å². The third-order valence-electron chi connectivity index (χ3n) is 3.06. The van der Waals surface area contributed by atoms with Crippen LogP contribution in [0.2, 0.25) is 0 Å². The minimum atomic E-state index is 0.407. The molecule has 0 saturated carbocycles. The zero-order chi connectivity index (χ0) is 13.5. The van der Waals surface area contributed by atoms with Gasteiger partial charge < -0.3 is 10.5 Å². The molecule has 0 atom stereocenters. The summed E-state index contributed by atoms with van der Waals surface area (Å²) in [6, 6.07) is 7.21.